The molecule has 3 nitrogen and oxygen atoms in total. The molecule has 1 atom stereocenters. The van der Waals surface area contributed by atoms with E-state index in [0.29, 0.717) is 23.4 Å². The first-order valence-corrected chi connectivity index (χ1v) is 8.08. The lowest BCUT2D eigenvalue weighted by molar-refractivity contribution is 0.148. The lowest BCUT2D eigenvalue weighted by Gasteiger charge is -2.35. The number of halogens is 1. The molecule has 0 fully saturated rings. The summed E-state index contributed by atoms with van der Waals surface area (Å²) in [6.07, 6.45) is 0.786. The molecule has 0 heterocycles. The van der Waals surface area contributed by atoms with Crippen molar-refractivity contribution in [1.82, 2.24) is 0 Å². The molecule has 2 aromatic rings. The zero-order valence-corrected chi connectivity index (χ0v) is 14.3. The summed E-state index contributed by atoms with van der Waals surface area (Å²) >= 11 is 6.28. The summed E-state index contributed by atoms with van der Waals surface area (Å²) in [7, 11) is 0. The van der Waals surface area contributed by atoms with E-state index >= 15 is 0 Å². The maximum absolute atomic E-state index is 10.6. The largest absolute Gasteiger partial charge is 0.507 e. The van der Waals surface area contributed by atoms with Gasteiger partial charge in [-0.25, -0.2) is 0 Å². The molecule has 4 heteroatoms. The van der Waals surface area contributed by atoms with Crippen LogP contribution in [0.4, 0.5) is 0 Å². The highest BCUT2D eigenvalue weighted by Gasteiger charge is 2.36. The van der Waals surface area contributed by atoms with Gasteiger partial charge in [-0.1, -0.05) is 41.9 Å². The first-order chi connectivity index (χ1) is 10.9. The molecular formula is C19H23ClO3. The molecule has 1 unspecified atom stereocenters. The van der Waals surface area contributed by atoms with Gasteiger partial charge < -0.3 is 15.3 Å². The predicted molar refractivity (Wildman–Crippen MR) is 93.2 cm³/mol. The second-order valence-electron chi connectivity index (χ2n) is 6.10. The Bertz CT molecular complexity index is 684. The second-order valence-corrected chi connectivity index (χ2v) is 6.51. The van der Waals surface area contributed by atoms with Crippen LogP contribution in [0.3, 0.4) is 0 Å². The first-order valence-electron chi connectivity index (χ1n) is 7.70. The van der Waals surface area contributed by atoms with Crippen LogP contribution >= 0.6 is 11.6 Å². The Morgan fingerprint density at radius 3 is 2.26 bits per heavy atom. The fourth-order valence-corrected chi connectivity index (χ4v) is 3.40. The van der Waals surface area contributed by atoms with Crippen LogP contribution in [0.25, 0.3) is 0 Å². The third kappa shape index (κ3) is 3.52. The molecule has 23 heavy (non-hydrogen) atoms. The van der Waals surface area contributed by atoms with Gasteiger partial charge in [0.15, 0.2) is 0 Å². The average molecular weight is 335 g/mol. The van der Waals surface area contributed by atoms with Crippen molar-refractivity contribution in [3.8, 4) is 5.75 Å². The normalized spacial score (nSPS) is 13.8. The van der Waals surface area contributed by atoms with E-state index in [1.807, 2.05) is 44.2 Å². The molecule has 0 spiro atoms. The number of rotatable bonds is 6. The van der Waals surface area contributed by atoms with Gasteiger partial charge in [0.2, 0.25) is 0 Å². The highest BCUT2D eigenvalue weighted by molar-refractivity contribution is 6.31. The molecule has 0 aliphatic heterocycles. The fourth-order valence-electron chi connectivity index (χ4n) is 3.20. The number of aromatic hydroxyl groups is 1. The lowest BCUT2D eigenvalue weighted by atomic mass is 9.71. The number of hydrogen-bond acceptors (Lipinski definition) is 3. The summed E-state index contributed by atoms with van der Waals surface area (Å²) in [5, 5.41) is 31.0. The van der Waals surface area contributed by atoms with Crippen LogP contribution in [0.15, 0.2) is 36.4 Å². The van der Waals surface area contributed by atoms with Crippen LogP contribution in [-0.4, -0.2) is 28.5 Å². The topological polar surface area (TPSA) is 60.7 Å². The van der Waals surface area contributed by atoms with E-state index in [-0.39, 0.29) is 19.0 Å². The summed E-state index contributed by atoms with van der Waals surface area (Å²) in [4.78, 5) is 0. The molecule has 0 bridgehead atoms. The van der Waals surface area contributed by atoms with Crippen LogP contribution < -0.4 is 0 Å². The average Bonchev–Trinajstić information content (AvgIpc) is 2.53. The highest BCUT2D eigenvalue weighted by atomic mass is 35.5. The van der Waals surface area contributed by atoms with Gasteiger partial charge in [0.1, 0.15) is 5.75 Å². The Balaban J connectivity index is 2.61. The minimum absolute atomic E-state index is 0.0855. The van der Waals surface area contributed by atoms with Gasteiger partial charge in [-0.05, 0) is 49.4 Å². The van der Waals surface area contributed by atoms with Gasteiger partial charge in [0.25, 0.3) is 0 Å². The summed E-state index contributed by atoms with van der Waals surface area (Å²) in [5.74, 6) is 0.180. The highest BCUT2D eigenvalue weighted by Crippen LogP contribution is 2.41. The number of hydrogen-bond donors (Lipinski definition) is 3. The van der Waals surface area contributed by atoms with Crippen molar-refractivity contribution >= 4 is 11.6 Å². The van der Waals surface area contributed by atoms with Gasteiger partial charge in [-0.2, -0.15) is 0 Å². The molecule has 3 N–H and O–H groups in total. The summed E-state index contributed by atoms with van der Waals surface area (Å²) in [6, 6.07) is 11.2. The molecule has 0 saturated heterocycles. The van der Waals surface area contributed by atoms with Crippen LogP contribution in [0, 0.1) is 13.8 Å². The summed E-state index contributed by atoms with van der Waals surface area (Å²) < 4.78 is 0. The van der Waals surface area contributed by atoms with Crippen molar-refractivity contribution in [2.75, 3.05) is 13.2 Å². The molecule has 0 aromatic heterocycles. The van der Waals surface area contributed by atoms with Crippen molar-refractivity contribution in [3.05, 3.63) is 63.7 Å². The number of phenolic OH excluding ortho intramolecular Hbond substituents is 1. The number of phenols is 1. The van der Waals surface area contributed by atoms with Crippen LogP contribution in [-0.2, 0) is 11.8 Å². The summed E-state index contributed by atoms with van der Waals surface area (Å²) in [5.41, 5.74) is 2.44. The van der Waals surface area contributed by atoms with Crippen molar-refractivity contribution in [3.63, 3.8) is 0 Å². The van der Waals surface area contributed by atoms with Crippen molar-refractivity contribution in [2.45, 2.75) is 32.1 Å². The van der Waals surface area contributed by atoms with Crippen molar-refractivity contribution in [1.29, 1.82) is 0 Å². The first kappa shape index (κ1) is 17.8. The molecule has 2 aromatic carbocycles. The van der Waals surface area contributed by atoms with Gasteiger partial charge >= 0.3 is 0 Å². The van der Waals surface area contributed by atoms with E-state index in [0.717, 1.165) is 16.7 Å². The Labute approximate surface area is 142 Å². The van der Waals surface area contributed by atoms with Crippen molar-refractivity contribution in [2.24, 2.45) is 0 Å². The molecule has 0 radical (unpaired) electrons. The van der Waals surface area contributed by atoms with Crippen molar-refractivity contribution < 1.29 is 15.3 Å². The number of aliphatic hydroxyl groups excluding tert-OH is 2. The van der Waals surface area contributed by atoms with Gasteiger partial charge in [-0.3, -0.25) is 0 Å². The van der Waals surface area contributed by atoms with Gasteiger partial charge in [-0.15, -0.1) is 0 Å². The monoisotopic (exact) mass is 334 g/mol. The van der Waals surface area contributed by atoms with E-state index in [2.05, 4.69) is 0 Å². The molecule has 0 saturated carbocycles. The van der Waals surface area contributed by atoms with E-state index < -0.39 is 5.41 Å². The maximum Gasteiger partial charge on any atom is 0.122 e. The van der Waals surface area contributed by atoms with Gasteiger partial charge in [0.05, 0.1) is 6.61 Å². The molecule has 124 valence electrons. The van der Waals surface area contributed by atoms with Crippen LogP contribution in [0.1, 0.15) is 28.7 Å². The molecule has 0 aliphatic rings. The lowest BCUT2D eigenvalue weighted by Crippen LogP contribution is -2.35. The number of benzene rings is 2. The maximum atomic E-state index is 10.6. The van der Waals surface area contributed by atoms with Crippen LogP contribution in [0.2, 0.25) is 5.02 Å². The second kappa shape index (κ2) is 7.35. The molecule has 0 aliphatic carbocycles. The number of aryl methyl sites for hydroxylation is 2. The van der Waals surface area contributed by atoms with Gasteiger partial charge in [0, 0.05) is 22.6 Å². The number of aliphatic hydroxyl groups is 2. The molecular weight excluding hydrogens is 312 g/mol. The smallest absolute Gasteiger partial charge is 0.122 e. The Hall–Kier alpha value is -1.55. The third-order valence-corrected chi connectivity index (χ3v) is 4.87. The van der Waals surface area contributed by atoms with E-state index in [9.17, 15) is 15.3 Å². The zero-order chi connectivity index (χ0) is 17.0. The zero-order valence-electron chi connectivity index (χ0n) is 13.5. The Morgan fingerprint density at radius 2 is 1.65 bits per heavy atom. The standard InChI is InChI=1S/C19H23ClO3/c1-13-7-8-14(2)18(23)17(13)19(12-22,9-10-21)11-15-5-3-4-6-16(15)20/h3-8,21-23H,9-12H2,1-2H3. The molecule has 0 amide bonds. The van der Waals surface area contributed by atoms with E-state index in [4.69, 9.17) is 11.6 Å². The Kier molecular flexibility index (Phi) is 5.69. The van der Waals surface area contributed by atoms with E-state index in [1.165, 1.54) is 0 Å². The van der Waals surface area contributed by atoms with Crippen LogP contribution in [0.5, 0.6) is 5.75 Å². The SMILES string of the molecule is Cc1ccc(C)c(C(CO)(CCO)Cc2ccccc2Cl)c1O. The minimum atomic E-state index is -0.778. The minimum Gasteiger partial charge on any atom is -0.507 e. The summed E-state index contributed by atoms with van der Waals surface area (Å²) in [6.45, 7) is 3.46. The quantitative estimate of drug-likeness (QED) is 0.757. The van der Waals surface area contributed by atoms with E-state index in [1.54, 1.807) is 6.07 Å². The molecule has 2 rings (SSSR count). The fraction of sp³-hybridized carbons (Fsp3) is 0.368. The Morgan fingerprint density at radius 1 is 1.00 bits per heavy atom. The third-order valence-electron chi connectivity index (χ3n) is 4.50. The predicted octanol–water partition coefficient (Wildman–Crippen LogP) is 3.52.